The van der Waals surface area contributed by atoms with Crippen LogP contribution in [0.4, 0.5) is 0 Å². The Kier molecular flexibility index (Phi) is 1.42. The van der Waals surface area contributed by atoms with E-state index in [0.717, 1.165) is 5.56 Å². The van der Waals surface area contributed by atoms with Gasteiger partial charge in [-0.1, -0.05) is 25.1 Å². The Morgan fingerprint density at radius 2 is 2.09 bits per heavy atom. The van der Waals surface area contributed by atoms with E-state index in [1.807, 2.05) is 25.3 Å². The number of hydrogen-bond acceptors (Lipinski definition) is 0. The molecule has 11 heavy (non-hydrogen) atoms. The summed E-state index contributed by atoms with van der Waals surface area (Å²) in [6.07, 6.45) is 5.10. The van der Waals surface area contributed by atoms with Crippen LogP contribution in [0.2, 0.25) is 0 Å². The van der Waals surface area contributed by atoms with Crippen molar-refractivity contribution in [1.82, 2.24) is 4.98 Å². The molecule has 0 unspecified atom stereocenters. The van der Waals surface area contributed by atoms with Crippen molar-refractivity contribution in [2.45, 2.75) is 6.92 Å². The van der Waals surface area contributed by atoms with Gasteiger partial charge in [0.2, 0.25) is 0 Å². The summed E-state index contributed by atoms with van der Waals surface area (Å²) in [5.74, 6) is 0. The minimum absolute atomic E-state index is 1.15. The van der Waals surface area contributed by atoms with Crippen molar-refractivity contribution in [3.8, 4) is 0 Å². The van der Waals surface area contributed by atoms with Gasteiger partial charge in [-0.2, -0.15) is 0 Å². The number of H-pyrrole nitrogens is 1. The van der Waals surface area contributed by atoms with Gasteiger partial charge in [-0.15, -0.1) is 0 Å². The van der Waals surface area contributed by atoms with E-state index in [-0.39, 0.29) is 0 Å². The second-order valence-electron chi connectivity index (χ2n) is 2.50. The smallest absolute Gasteiger partial charge is 0.0457 e. The molecule has 2 radical (unpaired) electrons. The Morgan fingerprint density at radius 1 is 1.27 bits per heavy atom. The van der Waals surface area contributed by atoms with Crippen LogP contribution in [-0.2, 0) is 0 Å². The highest BCUT2D eigenvalue weighted by atomic mass is 14.7. The lowest BCUT2D eigenvalue weighted by molar-refractivity contribution is 1.41. The summed E-state index contributed by atoms with van der Waals surface area (Å²) >= 11 is 0. The van der Waals surface area contributed by atoms with Gasteiger partial charge < -0.3 is 4.98 Å². The third-order valence-electron chi connectivity index (χ3n) is 1.86. The van der Waals surface area contributed by atoms with Crippen LogP contribution in [-0.4, -0.2) is 4.98 Å². The van der Waals surface area contributed by atoms with Gasteiger partial charge in [0.05, 0.1) is 0 Å². The molecule has 0 bridgehead atoms. The molecule has 1 aromatic heterocycles. The normalized spacial score (nSPS) is 10.6. The number of nitrogens with one attached hydrogen (secondary N) is 1. The number of benzene rings is 1. The fourth-order valence-corrected chi connectivity index (χ4v) is 1.28. The average Bonchev–Trinajstić information content (AvgIpc) is 2.47. The Morgan fingerprint density at radius 3 is 2.91 bits per heavy atom. The van der Waals surface area contributed by atoms with Crippen molar-refractivity contribution < 1.29 is 0 Å². The zero-order chi connectivity index (χ0) is 7.68. The lowest BCUT2D eigenvalue weighted by atomic mass is 10.1. The monoisotopic (exact) mass is 143 g/mol. The molecule has 54 valence electrons. The minimum atomic E-state index is 1.15. The molecule has 0 saturated carbocycles. The Labute approximate surface area is 66.1 Å². The van der Waals surface area contributed by atoms with E-state index in [4.69, 9.17) is 0 Å². The first kappa shape index (κ1) is 6.47. The molecule has 0 spiro atoms. The third kappa shape index (κ3) is 0.929. The molecule has 0 saturated heterocycles. The summed E-state index contributed by atoms with van der Waals surface area (Å²) in [6, 6.07) is 8.23. The number of fused-ring (bicyclic) bond motifs is 1. The molecule has 1 nitrogen and oxygen atoms in total. The van der Waals surface area contributed by atoms with E-state index >= 15 is 0 Å². The van der Waals surface area contributed by atoms with E-state index in [2.05, 4.69) is 23.5 Å². The Balaban J connectivity index is 2.76. The van der Waals surface area contributed by atoms with Gasteiger partial charge >= 0.3 is 0 Å². The quantitative estimate of drug-likeness (QED) is 0.631. The van der Waals surface area contributed by atoms with Gasteiger partial charge in [-0.3, -0.25) is 0 Å². The molecule has 1 heterocycles. The molecule has 2 aromatic rings. The molecule has 0 fully saturated rings. The zero-order valence-corrected chi connectivity index (χ0v) is 6.39. The summed E-state index contributed by atoms with van der Waals surface area (Å²) in [4.78, 5) is 3.18. The fraction of sp³-hybridized carbons (Fsp3) is 0.100. The molecule has 0 aliphatic carbocycles. The molecule has 0 aliphatic heterocycles. The number of aromatic amines is 1. The summed E-state index contributed by atoms with van der Waals surface area (Å²) in [5, 5.41) is 1.25. The first-order valence-electron chi connectivity index (χ1n) is 3.65. The van der Waals surface area contributed by atoms with Crippen LogP contribution >= 0.6 is 0 Å². The SMILES string of the molecule is C[C]c1c[nH]c2ccccc12. The zero-order valence-electron chi connectivity index (χ0n) is 6.39. The summed E-state index contributed by atoms with van der Waals surface area (Å²) in [6.45, 7) is 1.93. The highest BCUT2D eigenvalue weighted by Gasteiger charge is 1.98. The van der Waals surface area contributed by atoms with Crippen LogP contribution in [0.15, 0.2) is 30.5 Å². The van der Waals surface area contributed by atoms with Crippen LogP contribution < -0.4 is 0 Å². The van der Waals surface area contributed by atoms with E-state index < -0.39 is 0 Å². The number of para-hydroxylation sites is 1. The maximum atomic E-state index is 3.18. The molecule has 0 atom stereocenters. The van der Waals surface area contributed by atoms with Gasteiger partial charge in [0.15, 0.2) is 0 Å². The second kappa shape index (κ2) is 2.42. The molecular weight excluding hydrogens is 134 g/mol. The van der Waals surface area contributed by atoms with Crippen LogP contribution in [0.5, 0.6) is 0 Å². The van der Waals surface area contributed by atoms with Crippen molar-refractivity contribution in [3.63, 3.8) is 0 Å². The topological polar surface area (TPSA) is 15.8 Å². The molecular formula is C10H9N. The van der Waals surface area contributed by atoms with Crippen molar-refractivity contribution in [3.05, 3.63) is 42.4 Å². The van der Waals surface area contributed by atoms with Crippen LogP contribution in [0.25, 0.3) is 10.9 Å². The van der Waals surface area contributed by atoms with Crippen molar-refractivity contribution in [2.75, 3.05) is 0 Å². The first-order chi connectivity index (χ1) is 5.42. The number of hydrogen-bond donors (Lipinski definition) is 1. The van der Waals surface area contributed by atoms with Crippen molar-refractivity contribution in [2.24, 2.45) is 0 Å². The van der Waals surface area contributed by atoms with Crippen LogP contribution in [0.3, 0.4) is 0 Å². The second-order valence-corrected chi connectivity index (χ2v) is 2.50. The molecule has 1 heteroatoms. The standard InChI is InChI=1S/C10H9N/c1-2-8-7-11-10-6-4-3-5-9(8)10/h3-7,11H,1H3. The lowest BCUT2D eigenvalue weighted by Crippen LogP contribution is -1.70. The van der Waals surface area contributed by atoms with Crippen molar-refractivity contribution in [1.29, 1.82) is 0 Å². The predicted octanol–water partition coefficient (Wildman–Crippen LogP) is 2.62. The third-order valence-corrected chi connectivity index (χ3v) is 1.86. The fourth-order valence-electron chi connectivity index (χ4n) is 1.28. The molecule has 0 aliphatic rings. The highest BCUT2D eigenvalue weighted by Crippen LogP contribution is 2.18. The minimum Gasteiger partial charge on any atom is -0.361 e. The van der Waals surface area contributed by atoms with Gasteiger partial charge in [0, 0.05) is 23.5 Å². The van der Waals surface area contributed by atoms with Crippen LogP contribution in [0, 0.1) is 6.42 Å². The largest absolute Gasteiger partial charge is 0.361 e. The highest BCUT2D eigenvalue weighted by molar-refractivity contribution is 5.84. The van der Waals surface area contributed by atoms with E-state index in [1.165, 1.54) is 10.9 Å². The van der Waals surface area contributed by atoms with E-state index in [9.17, 15) is 0 Å². The molecule has 0 amide bonds. The summed E-state index contributed by atoms with van der Waals surface area (Å²) in [5.41, 5.74) is 2.33. The lowest BCUT2D eigenvalue weighted by Gasteiger charge is -1.89. The Bertz CT molecular complexity index is 360. The average molecular weight is 143 g/mol. The maximum absolute atomic E-state index is 3.18. The number of aromatic nitrogens is 1. The molecule has 1 aromatic carbocycles. The van der Waals surface area contributed by atoms with Crippen LogP contribution in [0.1, 0.15) is 12.5 Å². The summed E-state index contributed by atoms with van der Waals surface area (Å²) < 4.78 is 0. The van der Waals surface area contributed by atoms with Gasteiger partial charge in [-0.05, 0) is 11.6 Å². The maximum Gasteiger partial charge on any atom is 0.0457 e. The Hall–Kier alpha value is -1.24. The van der Waals surface area contributed by atoms with E-state index in [0.29, 0.717) is 0 Å². The summed E-state index contributed by atoms with van der Waals surface area (Å²) in [7, 11) is 0. The molecule has 2 rings (SSSR count). The number of rotatable bonds is 1. The predicted molar refractivity (Wildman–Crippen MR) is 46.3 cm³/mol. The van der Waals surface area contributed by atoms with Gasteiger partial charge in [0.25, 0.3) is 0 Å². The molecule has 1 N–H and O–H groups in total. The van der Waals surface area contributed by atoms with Gasteiger partial charge in [-0.25, -0.2) is 0 Å². The first-order valence-corrected chi connectivity index (χ1v) is 3.65. The van der Waals surface area contributed by atoms with Crippen molar-refractivity contribution >= 4 is 10.9 Å². The van der Waals surface area contributed by atoms with Gasteiger partial charge in [0.1, 0.15) is 0 Å². The van der Waals surface area contributed by atoms with E-state index in [1.54, 1.807) is 0 Å².